The number of nitrogens with one attached hydrogen (secondary N) is 1. The quantitative estimate of drug-likeness (QED) is 0.490. The minimum atomic E-state index is -0.0868. The van der Waals surface area contributed by atoms with E-state index in [1.807, 2.05) is 64.5 Å². The molecule has 0 saturated carbocycles. The molecule has 1 aromatic carbocycles. The third kappa shape index (κ3) is 7.16. The largest absolute Gasteiger partial charge is 0.323 e. The van der Waals surface area contributed by atoms with Gasteiger partial charge in [0.05, 0.1) is 27.4 Å². The molecule has 1 aromatic rings. The minimum Gasteiger partial charge on any atom is -0.323 e. The molecule has 1 N–H and O–H groups in total. The molecular weight excluding hydrogens is 238 g/mol. The first-order valence-corrected chi connectivity index (χ1v) is 6.22. The standard InChI is InChI=1S/C15H21N3O/c1-13(10-14-8-6-5-7-9-14)11-16-17-15(19)12-18(2,3)4/h5-11H,12H2,1-4H3/p+1/b13-10+,16-11+. The van der Waals surface area contributed by atoms with Crippen molar-refractivity contribution in [3.8, 4) is 0 Å². The van der Waals surface area contributed by atoms with Gasteiger partial charge in [-0.3, -0.25) is 4.79 Å². The summed E-state index contributed by atoms with van der Waals surface area (Å²) in [5.74, 6) is -0.0868. The van der Waals surface area contributed by atoms with Gasteiger partial charge in [0.25, 0.3) is 5.91 Å². The Bertz CT molecular complexity index is 470. The third-order valence-electron chi connectivity index (χ3n) is 2.27. The normalized spacial score (nSPS) is 12.7. The molecule has 0 aliphatic heterocycles. The van der Waals surface area contributed by atoms with Crippen LogP contribution < -0.4 is 5.43 Å². The monoisotopic (exact) mass is 260 g/mol. The number of hydrogen-bond acceptors (Lipinski definition) is 2. The number of amides is 1. The lowest BCUT2D eigenvalue weighted by Crippen LogP contribution is -2.43. The second kappa shape index (κ2) is 6.85. The van der Waals surface area contributed by atoms with Gasteiger partial charge in [0, 0.05) is 0 Å². The van der Waals surface area contributed by atoms with E-state index in [-0.39, 0.29) is 5.91 Å². The van der Waals surface area contributed by atoms with E-state index < -0.39 is 0 Å². The predicted molar refractivity (Wildman–Crippen MR) is 79.6 cm³/mol. The average molecular weight is 260 g/mol. The Labute approximate surface area is 115 Å². The molecule has 0 heterocycles. The van der Waals surface area contributed by atoms with Crippen LogP contribution in [0.15, 0.2) is 41.0 Å². The van der Waals surface area contributed by atoms with Crippen molar-refractivity contribution in [3.05, 3.63) is 41.5 Å². The first kappa shape index (κ1) is 15.1. The number of likely N-dealkylation sites (N-methyl/N-ethyl adjacent to an activating group) is 1. The van der Waals surface area contributed by atoms with Crippen LogP contribution >= 0.6 is 0 Å². The van der Waals surface area contributed by atoms with E-state index in [1.54, 1.807) is 6.21 Å². The van der Waals surface area contributed by atoms with Crippen LogP contribution in [0, 0.1) is 0 Å². The second-order valence-electron chi connectivity index (χ2n) is 5.54. The molecule has 1 amide bonds. The summed E-state index contributed by atoms with van der Waals surface area (Å²) in [5.41, 5.74) is 4.63. The van der Waals surface area contributed by atoms with Gasteiger partial charge in [-0.2, -0.15) is 5.10 Å². The van der Waals surface area contributed by atoms with Crippen LogP contribution in [-0.2, 0) is 4.79 Å². The maximum absolute atomic E-state index is 11.5. The molecule has 19 heavy (non-hydrogen) atoms. The van der Waals surface area contributed by atoms with E-state index in [9.17, 15) is 4.79 Å². The molecule has 1 rings (SSSR count). The van der Waals surface area contributed by atoms with Gasteiger partial charge in [-0.1, -0.05) is 36.4 Å². The zero-order valence-electron chi connectivity index (χ0n) is 12.1. The van der Waals surface area contributed by atoms with Crippen LogP contribution in [0.1, 0.15) is 12.5 Å². The van der Waals surface area contributed by atoms with Crippen LogP contribution in [0.2, 0.25) is 0 Å². The number of nitrogens with zero attached hydrogens (tertiary/aromatic N) is 2. The number of carbonyl (C=O) groups excluding carboxylic acids is 1. The zero-order valence-corrected chi connectivity index (χ0v) is 12.1. The number of allylic oxidation sites excluding steroid dienone is 1. The van der Waals surface area contributed by atoms with E-state index >= 15 is 0 Å². The molecular formula is C15H22N3O+. The van der Waals surface area contributed by atoms with Crippen LogP contribution in [0.4, 0.5) is 0 Å². The molecule has 0 fully saturated rings. The Hall–Kier alpha value is -1.94. The molecule has 0 atom stereocenters. The van der Waals surface area contributed by atoms with Crippen molar-refractivity contribution in [2.75, 3.05) is 27.7 Å². The molecule has 0 aliphatic carbocycles. The summed E-state index contributed by atoms with van der Waals surface area (Å²) in [6, 6.07) is 9.99. The van der Waals surface area contributed by atoms with E-state index in [1.165, 1.54) is 0 Å². The molecule has 0 saturated heterocycles. The average Bonchev–Trinajstić information content (AvgIpc) is 2.27. The zero-order chi connectivity index (χ0) is 14.3. The minimum absolute atomic E-state index is 0.0868. The topological polar surface area (TPSA) is 41.5 Å². The summed E-state index contributed by atoms with van der Waals surface area (Å²) < 4.78 is 0.584. The Morgan fingerprint density at radius 2 is 1.89 bits per heavy atom. The number of quaternary nitrogens is 1. The summed E-state index contributed by atoms with van der Waals surface area (Å²) in [7, 11) is 5.89. The Morgan fingerprint density at radius 3 is 2.47 bits per heavy atom. The maximum Gasteiger partial charge on any atom is 0.295 e. The van der Waals surface area contributed by atoms with E-state index in [2.05, 4.69) is 10.5 Å². The lowest BCUT2D eigenvalue weighted by Gasteiger charge is -2.21. The number of hydrazone groups is 1. The maximum atomic E-state index is 11.5. The van der Waals surface area contributed by atoms with Gasteiger partial charge in [-0.05, 0) is 18.1 Å². The highest BCUT2D eigenvalue weighted by molar-refractivity contribution is 5.86. The van der Waals surface area contributed by atoms with Gasteiger partial charge in [0.2, 0.25) is 0 Å². The molecule has 4 heteroatoms. The van der Waals surface area contributed by atoms with E-state index in [0.29, 0.717) is 11.0 Å². The van der Waals surface area contributed by atoms with Gasteiger partial charge in [0.1, 0.15) is 0 Å². The molecule has 0 unspecified atom stereocenters. The first-order chi connectivity index (χ1) is 8.87. The fourth-order valence-corrected chi connectivity index (χ4v) is 1.52. The number of carbonyl (C=O) groups is 1. The van der Waals surface area contributed by atoms with Crippen LogP contribution in [0.3, 0.4) is 0 Å². The van der Waals surface area contributed by atoms with Crippen molar-refractivity contribution in [2.24, 2.45) is 5.10 Å². The highest BCUT2D eigenvalue weighted by Gasteiger charge is 2.12. The van der Waals surface area contributed by atoms with Crippen molar-refractivity contribution in [3.63, 3.8) is 0 Å². The van der Waals surface area contributed by atoms with Crippen molar-refractivity contribution in [1.29, 1.82) is 0 Å². The Kier molecular flexibility index (Phi) is 5.45. The van der Waals surface area contributed by atoms with Gasteiger partial charge >= 0.3 is 0 Å². The smallest absolute Gasteiger partial charge is 0.295 e. The first-order valence-electron chi connectivity index (χ1n) is 6.22. The molecule has 0 radical (unpaired) electrons. The van der Waals surface area contributed by atoms with Crippen molar-refractivity contribution >= 4 is 18.2 Å². The third-order valence-corrected chi connectivity index (χ3v) is 2.27. The highest BCUT2D eigenvalue weighted by Crippen LogP contribution is 2.04. The number of rotatable bonds is 5. The second-order valence-corrected chi connectivity index (χ2v) is 5.54. The van der Waals surface area contributed by atoms with Gasteiger partial charge in [-0.25, -0.2) is 5.43 Å². The Balaban J connectivity index is 2.49. The molecule has 4 nitrogen and oxygen atoms in total. The van der Waals surface area contributed by atoms with E-state index in [0.717, 1.165) is 11.1 Å². The van der Waals surface area contributed by atoms with Crippen LogP contribution in [0.5, 0.6) is 0 Å². The van der Waals surface area contributed by atoms with Crippen LogP contribution in [-0.4, -0.2) is 44.3 Å². The summed E-state index contributed by atoms with van der Waals surface area (Å²) in [6.45, 7) is 2.35. The molecule has 102 valence electrons. The molecule has 0 aromatic heterocycles. The highest BCUT2D eigenvalue weighted by atomic mass is 16.2. The van der Waals surface area contributed by atoms with Gasteiger partial charge in [-0.15, -0.1) is 0 Å². The summed E-state index contributed by atoms with van der Waals surface area (Å²) in [4.78, 5) is 11.5. The lowest BCUT2D eigenvalue weighted by atomic mass is 10.1. The van der Waals surface area contributed by atoms with Crippen molar-refractivity contribution < 1.29 is 9.28 Å². The van der Waals surface area contributed by atoms with Crippen molar-refractivity contribution in [1.82, 2.24) is 5.43 Å². The van der Waals surface area contributed by atoms with E-state index in [4.69, 9.17) is 0 Å². The number of hydrogen-bond donors (Lipinski definition) is 1. The lowest BCUT2D eigenvalue weighted by molar-refractivity contribution is -0.862. The molecule has 0 spiro atoms. The number of benzene rings is 1. The Morgan fingerprint density at radius 1 is 1.26 bits per heavy atom. The fourth-order valence-electron chi connectivity index (χ4n) is 1.52. The molecule has 0 bridgehead atoms. The van der Waals surface area contributed by atoms with Gasteiger partial charge < -0.3 is 4.48 Å². The van der Waals surface area contributed by atoms with Crippen molar-refractivity contribution in [2.45, 2.75) is 6.92 Å². The van der Waals surface area contributed by atoms with Crippen LogP contribution in [0.25, 0.3) is 6.08 Å². The summed E-state index contributed by atoms with van der Waals surface area (Å²) in [6.07, 6.45) is 3.66. The summed E-state index contributed by atoms with van der Waals surface area (Å²) >= 11 is 0. The molecule has 0 aliphatic rings. The predicted octanol–water partition coefficient (Wildman–Crippen LogP) is 1.90. The summed E-state index contributed by atoms with van der Waals surface area (Å²) in [5, 5.41) is 3.95. The fraction of sp³-hybridized carbons (Fsp3) is 0.333. The van der Waals surface area contributed by atoms with Gasteiger partial charge in [0.15, 0.2) is 6.54 Å². The SMILES string of the molecule is CC(/C=N/NC(=O)C[N+](C)(C)C)=C\c1ccccc1.